The molecule has 1 aromatic rings. The van der Waals surface area contributed by atoms with Crippen LogP contribution >= 0.6 is 0 Å². The van der Waals surface area contributed by atoms with Crippen LogP contribution < -0.4 is 5.32 Å². The van der Waals surface area contributed by atoms with Crippen LogP contribution in [0.3, 0.4) is 0 Å². The van der Waals surface area contributed by atoms with Crippen molar-refractivity contribution in [2.24, 2.45) is 0 Å². The number of nitrogens with one attached hydrogen (secondary N) is 1. The highest BCUT2D eigenvalue weighted by molar-refractivity contribution is 5.24. The molecule has 19 heavy (non-hydrogen) atoms. The van der Waals surface area contributed by atoms with E-state index in [1.54, 1.807) is 7.11 Å². The third-order valence-electron chi connectivity index (χ3n) is 3.04. The minimum absolute atomic E-state index is 0.281. The zero-order valence-electron chi connectivity index (χ0n) is 12.4. The van der Waals surface area contributed by atoms with Crippen LogP contribution in [0, 0.1) is 6.92 Å². The van der Waals surface area contributed by atoms with Crippen molar-refractivity contribution in [3.63, 3.8) is 0 Å². The van der Waals surface area contributed by atoms with E-state index < -0.39 is 0 Å². The lowest BCUT2D eigenvalue weighted by Crippen LogP contribution is -2.26. The quantitative estimate of drug-likeness (QED) is 0.659. The largest absolute Gasteiger partial charge is 0.385 e. The van der Waals surface area contributed by atoms with Gasteiger partial charge in [0.05, 0.1) is 12.6 Å². The lowest BCUT2D eigenvalue weighted by Gasteiger charge is -2.19. The number of methoxy groups -OCH3 is 1. The molecule has 0 saturated carbocycles. The second-order valence-electron chi connectivity index (χ2n) is 4.84. The standard InChI is InChI=1S/C16H27NO2/c1-4-10-17-16(13-19-12-5-11-18-3)15-8-6-14(2)7-9-15/h6-9,16-17H,4-5,10-13H2,1-3H3. The van der Waals surface area contributed by atoms with Gasteiger partial charge in [-0.3, -0.25) is 0 Å². The van der Waals surface area contributed by atoms with Crippen LogP contribution in [-0.2, 0) is 9.47 Å². The molecule has 0 aliphatic rings. The number of ether oxygens (including phenoxy) is 2. The van der Waals surface area contributed by atoms with Gasteiger partial charge in [0, 0.05) is 20.3 Å². The molecule has 1 rings (SSSR count). The predicted molar refractivity (Wildman–Crippen MR) is 79.5 cm³/mol. The van der Waals surface area contributed by atoms with E-state index in [-0.39, 0.29) is 6.04 Å². The molecule has 0 saturated heterocycles. The molecule has 1 atom stereocenters. The Labute approximate surface area is 117 Å². The normalized spacial score (nSPS) is 12.6. The fourth-order valence-electron chi connectivity index (χ4n) is 1.90. The van der Waals surface area contributed by atoms with E-state index in [1.807, 2.05) is 0 Å². The highest BCUT2D eigenvalue weighted by Crippen LogP contribution is 2.14. The van der Waals surface area contributed by atoms with Gasteiger partial charge < -0.3 is 14.8 Å². The highest BCUT2D eigenvalue weighted by atomic mass is 16.5. The number of aryl methyl sites for hydroxylation is 1. The topological polar surface area (TPSA) is 30.5 Å². The fraction of sp³-hybridized carbons (Fsp3) is 0.625. The van der Waals surface area contributed by atoms with Crippen molar-refractivity contribution in [2.45, 2.75) is 32.7 Å². The SMILES string of the molecule is CCCNC(COCCCOC)c1ccc(C)cc1. The third kappa shape index (κ3) is 6.71. The van der Waals surface area contributed by atoms with Gasteiger partial charge in [0.25, 0.3) is 0 Å². The maximum Gasteiger partial charge on any atom is 0.0661 e. The summed E-state index contributed by atoms with van der Waals surface area (Å²) in [5.41, 5.74) is 2.59. The first kappa shape index (κ1) is 16.2. The van der Waals surface area contributed by atoms with Gasteiger partial charge in [0.1, 0.15) is 0 Å². The average Bonchev–Trinajstić information content (AvgIpc) is 2.43. The van der Waals surface area contributed by atoms with Crippen molar-refractivity contribution < 1.29 is 9.47 Å². The summed E-state index contributed by atoms with van der Waals surface area (Å²) in [7, 11) is 1.72. The van der Waals surface area contributed by atoms with Gasteiger partial charge in [0.15, 0.2) is 0 Å². The highest BCUT2D eigenvalue weighted by Gasteiger charge is 2.10. The van der Waals surface area contributed by atoms with Crippen molar-refractivity contribution in [1.82, 2.24) is 5.32 Å². The Balaban J connectivity index is 2.44. The van der Waals surface area contributed by atoms with E-state index >= 15 is 0 Å². The van der Waals surface area contributed by atoms with E-state index in [9.17, 15) is 0 Å². The average molecular weight is 265 g/mol. The molecule has 0 heterocycles. The van der Waals surface area contributed by atoms with Crippen molar-refractivity contribution >= 4 is 0 Å². The number of hydrogen-bond acceptors (Lipinski definition) is 3. The van der Waals surface area contributed by atoms with Gasteiger partial charge in [-0.25, -0.2) is 0 Å². The summed E-state index contributed by atoms with van der Waals surface area (Å²) < 4.78 is 10.8. The van der Waals surface area contributed by atoms with E-state index in [2.05, 4.69) is 43.4 Å². The molecule has 0 aromatic heterocycles. The monoisotopic (exact) mass is 265 g/mol. The molecule has 3 nitrogen and oxygen atoms in total. The van der Waals surface area contributed by atoms with E-state index in [0.717, 1.165) is 32.6 Å². The Morgan fingerprint density at radius 3 is 2.53 bits per heavy atom. The zero-order valence-corrected chi connectivity index (χ0v) is 12.4. The lowest BCUT2D eigenvalue weighted by atomic mass is 10.1. The Hall–Kier alpha value is -0.900. The van der Waals surface area contributed by atoms with Gasteiger partial charge in [-0.15, -0.1) is 0 Å². The van der Waals surface area contributed by atoms with Crippen LogP contribution in [0.25, 0.3) is 0 Å². The molecular formula is C16H27NO2. The first-order valence-electron chi connectivity index (χ1n) is 7.14. The number of hydrogen-bond donors (Lipinski definition) is 1. The van der Waals surface area contributed by atoms with Gasteiger partial charge in [-0.2, -0.15) is 0 Å². The van der Waals surface area contributed by atoms with Gasteiger partial charge in [-0.1, -0.05) is 36.8 Å². The molecule has 1 N–H and O–H groups in total. The van der Waals surface area contributed by atoms with Crippen molar-refractivity contribution in [3.8, 4) is 0 Å². The molecule has 3 heteroatoms. The maximum atomic E-state index is 5.74. The van der Waals surface area contributed by atoms with Crippen LogP contribution in [0.5, 0.6) is 0 Å². The van der Waals surface area contributed by atoms with Crippen LogP contribution in [-0.4, -0.2) is 33.5 Å². The summed E-state index contributed by atoms with van der Waals surface area (Å²) in [5.74, 6) is 0. The van der Waals surface area contributed by atoms with Crippen LogP contribution in [0.15, 0.2) is 24.3 Å². The molecule has 0 bridgehead atoms. The summed E-state index contributed by atoms with van der Waals surface area (Å²) in [6.07, 6.45) is 2.08. The van der Waals surface area contributed by atoms with Crippen molar-refractivity contribution in [2.75, 3.05) is 33.5 Å². The van der Waals surface area contributed by atoms with Crippen LogP contribution in [0.1, 0.15) is 36.9 Å². The molecule has 0 amide bonds. The summed E-state index contributed by atoms with van der Waals surface area (Å²) in [5, 5.41) is 3.54. The van der Waals surface area contributed by atoms with Crippen molar-refractivity contribution in [1.29, 1.82) is 0 Å². The minimum atomic E-state index is 0.281. The molecule has 0 aliphatic carbocycles. The van der Waals surface area contributed by atoms with E-state index in [1.165, 1.54) is 11.1 Å². The number of rotatable bonds is 10. The molecule has 1 unspecified atom stereocenters. The van der Waals surface area contributed by atoms with Gasteiger partial charge in [-0.05, 0) is 31.9 Å². The van der Waals surface area contributed by atoms with Gasteiger partial charge in [0.2, 0.25) is 0 Å². The Morgan fingerprint density at radius 2 is 1.89 bits per heavy atom. The third-order valence-corrected chi connectivity index (χ3v) is 3.04. The Bertz CT molecular complexity index is 324. The molecule has 1 aromatic carbocycles. The Kier molecular flexibility index (Phi) is 8.47. The van der Waals surface area contributed by atoms with Crippen LogP contribution in [0.2, 0.25) is 0 Å². The summed E-state index contributed by atoms with van der Waals surface area (Å²) in [4.78, 5) is 0. The predicted octanol–water partition coefficient (Wildman–Crippen LogP) is 3.09. The molecular weight excluding hydrogens is 238 g/mol. The fourth-order valence-corrected chi connectivity index (χ4v) is 1.90. The number of benzene rings is 1. The van der Waals surface area contributed by atoms with E-state index in [4.69, 9.17) is 9.47 Å². The molecule has 0 radical (unpaired) electrons. The summed E-state index contributed by atoms with van der Waals surface area (Å²) in [6, 6.07) is 8.95. The molecule has 0 spiro atoms. The summed E-state index contributed by atoms with van der Waals surface area (Å²) in [6.45, 7) is 7.53. The Morgan fingerprint density at radius 1 is 1.16 bits per heavy atom. The zero-order chi connectivity index (χ0) is 13.9. The van der Waals surface area contributed by atoms with E-state index in [0.29, 0.717) is 6.61 Å². The van der Waals surface area contributed by atoms with Crippen molar-refractivity contribution in [3.05, 3.63) is 35.4 Å². The second-order valence-corrected chi connectivity index (χ2v) is 4.84. The first-order valence-corrected chi connectivity index (χ1v) is 7.14. The smallest absolute Gasteiger partial charge is 0.0661 e. The maximum absolute atomic E-state index is 5.74. The first-order chi connectivity index (χ1) is 9.27. The minimum Gasteiger partial charge on any atom is -0.385 e. The molecule has 0 fully saturated rings. The molecule has 108 valence electrons. The second kappa shape index (κ2) is 9.96. The summed E-state index contributed by atoms with van der Waals surface area (Å²) >= 11 is 0. The van der Waals surface area contributed by atoms with Gasteiger partial charge >= 0.3 is 0 Å². The van der Waals surface area contributed by atoms with Crippen LogP contribution in [0.4, 0.5) is 0 Å². The lowest BCUT2D eigenvalue weighted by molar-refractivity contribution is 0.0875. The molecule has 0 aliphatic heterocycles.